The van der Waals surface area contributed by atoms with Crippen LogP contribution < -0.4 is 10.6 Å². The van der Waals surface area contributed by atoms with Crippen molar-refractivity contribution < 1.29 is 9.53 Å². The normalized spacial score (nSPS) is 10.2. The van der Waals surface area contributed by atoms with Gasteiger partial charge < -0.3 is 15.4 Å². The molecule has 132 valence electrons. The van der Waals surface area contributed by atoms with Crippen molar-refractivity contribution in [1.82, 2.24) is 10.3 Å². The van der Waals surface area contributed by atoms with Gasteiger partial charge in [-0.1, -0.05) is 30.3 Å². The monoisotopic (exact) mass is 383 g/mol. The SMILES string of the molecule is COC(=O)c1cc(-c2ccccc2)sc1NC(=S)NCc1ccncc1. The maximum atomic E-state index is 12.1. The molecule has 0 radical (unpaired) electrons. The van der Waals surface area contributed by atoms with Crippen molar-refractivity contribution >= 4 is 39.6 Å². The van der Waals surface area contributed by atoms with Gasteiger partial charge in [0.2, 0.25) is 0 Å². The van der Waals surface area contributed by atoms with Crippen LogP contribution in [-0.2, 0) is 11.3 Å². The van der Waals surface area contributed by atoms with Crippen molar-refractivity contribution in [1.29, 1.82) is 0 Å². The topological polar surface area (TPSA) is 63.2 Å². The number of nitrogens with zero attached hydrogens (tertiary/aromatic N) is 1. The Morgan fingerprint density at radius 3 is 2.62 bits per heavy atom. The first-order chi connectivity index (χ1) is 12.7. The molecule has 0 fully saturated rings. The maximum absolute atomic E-state index is 12.1. The molecule has 3 aromatic rings. The van der Waals surface area contributed by atoms with Gasteiger partial charge in [0, 0.05) is 23.8 Å². The molecule has 0 atom stereocenters. The van der Waals surface area contributed by atoms with Gasteiger partial charge >= 0.3 is 5.97 Å². The fraction of sp³-hybridized carbons (Fsp3) is 0.105. The van der Waals surface area contributed by atoms with Gasteiger partial charge in [0.05, 0.1) is 12.7 Å². The average molecular weight is 383 g/mol. The summed E-state index contributed by atoms with van der Waals surface area (Å²) in [5.74, 6) is -0.400. The molecule has 3 rings (SSSR count). The number of ether oxygens (including phenoxy) is 1. The van der Waals surface area contributed by atoms with E-state index < -0.39 is 5.97 Å². The Morgan fingerprint density at radius 2 is 1.92 bits per heavy atom. The first-order valence-corrected chi connectivity index (χ1v) is 9.11. The van der Waals surface area contributed by atoms with E-state index >= 15 is 0 Å². The summed E-state index contributed by atoms with van der Waals surface area (Å²) in [4.78, 5) is 17.1. The van der Waals surface area contributed by atoms with Gasteiger partial charge in [-0.15, -0.1) is 11.3 Å². The van der Waals surface area contributed by atoms with Gasteiger partial charge in [0.1, 0.15) is 5.00 Å². The predicted octanol–water partition coefficient (Wildman–Crippen LogP) is 4.08. The highest BCUT2D eigenvalue weighted by atomic mass is 32.1. The van der Waals surface area contributed by atoms with Crippen molar-refractivity contribution in [3.8, 4) is 10.4 Å². The second-order valence-corrected chi connectivity index (χ2v) is 6.83. The number of benzene rings is 1. The number of methoxy groups -OCH3 is 1. The molecule has 0 amide bonds. The minimum Gasteiger partial charge on any atom is -0.465 e. The van der Waals surface area contributed by atoms with Crippen molar-refractivity contribution in [3.63, 3.8) is 0 Å². The Hall–Kier alpha value is -2.77. The van der Waals surface area contributed by atoms with E-state index in [1.807, 2.05) is 48.5 Å². The van der Waals surface area contributed by atoms with E-state index in [0.717, 1.165) is 16.0 Å². The third kappa shape index (κ3) is 4.44. The van der Waals surface area contributed by atoms with Crippen LogP contribution in [0.1, 0.15) is 15.9 Å². The van der Waals surface area contributed by atoms with E-state index in [2.05, 4.69) is 15.6 Å². The van der Waals surface area contributed by atoms with Gasteiger partial charge in [0.15, 0.2) is 5.11 Å². The number of carbonyl (C=O) groups excluding carboxylic acids is 1. The van der Waals surface area contributed by atoms with Crippen LogP contribution in [-0.4, -0.2) is 23.2 Å². The highest BCUT2D eigenvalue weighted by Crippen LogP contribution is 2.35. The van der Waals surface area contributed by atoms with Crippen LogP contribution in [0.2, 0.25) is 0 Å². The van der Waals surface area contributed by atoms with E-state index in [0.29, 0.717) is 22.2 Å². The van der Waals surface area contributed by atoms with Gasteiger partial charge in [-0.25, -0.2) is 4.79 Å². The molecule has 2 aromatic heterocycles. The number of hydrogen-bond donors (Lipinski definition) is 2. The van der Waals surface area contributed by atoms with Gasteiger partial charge in [-0.3, -0.25) is 4.98 Å². The average Bonchev–Trinajstić information content (AvgIpc) is 3.11. The largest absolute Gasteiger partial charge is 0.465 e. The third-order valence-electron chi connectivity index (χ3n) is 3.63. The highest BCUT2D eigenvalue weighted by molar-refractivity contribution is 7.80. The Kier molecular flexibility index (Phi) is 5.93. The number of esters is 1. The standard InChI is InChI=1S/C19H17N3O2S2/c1-24-18(23)15-11-16(14-5-3-2-4-6-14)26-17(15)22-19(25)21-12-13-7-9-20-10-8-13/h2-11H,12H2,1H3,(H2,21,22,25). The molecule has 0 saturated carbocycles. The molecule has 0 aliphatic heterocycles. The summed E-state index contributed by atoms with van der Waals surface area (Å²) >= 11 is 6.82. The van der Waals surface area contributed by atoms with E-state index in [4.69, 9.17) is 17.0 Å². The molecule has 7 heteroatoms. The van der Waals surface area contributed by atoms with E-state index in [1.165, 1.54) is 18.4 Å². The number of aromatic nitrogens is 1. The van der Waals surface area contributed by atoms with Crippen LogP contribution in [0.3, 0.4) is 0 Å². The maximum Gasteiger partial charge on any atom is 0.340 e. The fourth-order valence-electron chi connectivity index (χ4n) is 2.32. The van der Waals surface area contributed by atoms with Crippen LogP contribution in [0, 0.1) is 0 Å². The summed E-state index contributed by atoms with van der Waals surface area (Å²) in [5, 5.41) is 7.33. The number of carbonyl (C=O) groups is 1. The van der Waals surface area contributed by atoms with Gasteiger partial charge in [-0.05, 0) is 41.5 Å². The zero-order valence-electron chi connectivity index (χ0n) is 14.1. The molecule has 5 nitrogen and oxygen atoms in total. The third-order valence-corrected chi connectivity index (χ3v) is 4.97. The van der Waals surface area contributed by atoms with Crippen LogP contribution in [0.25, 0.3) is 10.4 Å². The smallest absolute Gasteiger partial charge is 0.340 e. The zero-order valence-corrected chi connectivity index (χ0v) is 15.7. The zero-order chi connectivity index (χ0) is 18.4. The van der Waals surface area contributed by atoms with Crippen LogP contribution in [0.5, 0.6) is 0 Å². The predicted molar refractivity (Wildman–Crippen MR) is 108 cm³/mol. The Balaban J connectivity index is 1.76. The lowest BCUT2D eigenvalue weighted by Crippen LogP contribution is -2.28. The van der Waals surface area contributed by atoms with Crippen molar-refractivity contribution in [3.05, 3.63) is 72.1 Å². The highest BCUT2D eigenvalue weighted by Gasteiger charge is 2.18. The lowest BCUT2D eigenvalue weighted by molar-refractivity contribution is 0.0602. The molecule has 2 N–H and O–H groups in total. The van der Waals surface area contributed by atoms with Crippen molar-refractivity contribution in [2.24, 2.45) is 0 Å². The molecule has 1 aromatic carbocycles. The molecule has 26 heavy (non-hydrogen) atoms. The van der Waals surface area contributed by atoms with E-state index in [1.54, 1.807) is 12.4 Å². The summed E-state index contributed by atoms with van der Waals surface area (Å²) in [6.45, 7) is 0.568. The number of thiocarbonyl (C=S) groups is 1. The molecular formula is C19H17N3O2S2. The van der Waals surface area contributed by atoms with Gasteiger partial charge in [0.25, 0.3) is 0 Å². The van der Waals surface area contributed by atoms with Crippen LogP contribution >= 0.6 is 23.6 Å². The quantitative estimate of drug-likeness (QED) is 0.511. The summed E-state index contributed by atoms with van der Waals surface area (Å²) in [7, 11) is 1.37. The van der Waals surface area contributed by atoms with Crippen molar-refractivity contribution in [2.45, 2.75) is 6.54 Å². The van der Waals surface area contributed by atoms with Crippen LogP contribution in [0.15, 0.2) is 60.9 Å². The number of rotatable bonds is 5. The molecule has 0 aliphatic carbocycles. The second-order valence-electron chi connectivity index (χ2n) is 5.37. The number of nitrogens with one attached hydrogen (secondary N) is 2. The van der Waals surface area contributed by atoms with Gasteiger partial charge in [-0.2, -0.15) is 0 Å². The summed E-state index contributed by atoms with van der Waals surface area (Å²) in [5.41, 5.74) is 2.56. The molecule has 0 saturated heterocycles. The summed E-state index contributed by atoms with van der Waals surface area (Å²) < 4.78 is 4.89. The molecular weight excluding hydrogens is 366 g/mol. The lowest BCUT2D eigenvalue weighted by atomic mass is 10.1. The minimum absolute atomic E-state index is 0.400. The number of hydrogen-bond acceptors (Lipinski definition) is 5. The summed E-state index contributed by atoms with van der Waals surface area (Å²) in [6.07, 6.45) is 3.46. The van der Waals surface area contributed by atoms with Crippen LogP contribution in [0.4, 0.5) is 5.00 Å². The molecule has 0 unspecified atom stereocenters. The second kappa shape index (κ2) is 8.55. The fourth-order valence-corrected chi connectivity index (χ4v) is 3.62. The Labute approximate surface area is 161 Å². The van der Waals surface area contributed by atoms with Crippen molar-refractivity contribution in [2.75, 3.05) is 12.4 Å². The first-order valence-electron chi connectivity index (χ1n) is 7.88. The minimum atomic E-state index is -0.400. The molecule has 0 bridgehead atoms. The van der Waals surface area contributed by atoms with E-state index in [9.17, 15) is 4.79 Å². The Bertz CT molecular complexity index is 896. The molecule has 0 aliphatic rings. The molecule has 2 heterocycles. The number of thiophene rings is 1. The van der Waals surface area contributed by atoms with E-state index in [-0.39, 0.29) is 0 Å². The number of anilines is 1. The first kappa shape index (κ1) is 18.0. The Morgan fingerprint density at radius 1 is 1.19 bits per heavy atom. The lowest BCUT2D eigenvalue weighted by Gasteiger charge is -2.10. The number of pyridine rings is 1. The molecule has 0 spiro atoms. The summed E-state index contributed by atoms with van der Waals surface area (Å²) in [6, 6.07) is 15.5.